The Morgan fingerprint density at radius 1 is 1.07 bits per heavy atom. The molecule has 1 fully saturated rings. The second-order valence-electron chi connectivity index (χ2n) is 6.86. The number of ether oxygens (including phenoxy) is 1. The van der Waals surface area contributed by atoms with E-state index in [1.54, 1.807) is 17.0 Å². The number of anilines is 1. The van der Waals surface area contributed by atoms with Gasteiger partial charge in [-0.15, -0.1) is 0 Å². The van der Waals surface area contributed by atoms with E-state index < -0.39 is 0 Å². The van der Waals surface area contributed by atoms with Gasteiger partial charge in [-0.05, 0) is 36.6 Å². The second-order valence-corrected chi connectivity index (χ2v) is 6.86. The van der Waals surface area contributed by atoms with Crippen molar-refractivity contribution >= 4 is 11.8 Å². The molecule has 0 spiro atoms. The van der Waals surface area contributed by atoms with E-state index in [0.717, 1.165) is 43.6 Å². The lowest BCUT2D eigenvalue weighted by Crippen LogP contribution is -2.49. The fraction of sp³-hybridized carbons (Fsp3) is 0.381. The Morgan fingerprint density at radius 2 is 1.81 bits per heavy atom. The van der Waals surface area contributed by atoms with Crippen molar-refractivity contribution in [1.29, 1.82) is 0 Å². The molecule has 3 N–H and O–H groups in total. The SMILES string of the molecule is Nc1cc(O)ccc1CCCN1CCN(C(=O)OCc2ccccc2)CC1. The molecule has 1 aliphatic heterocycles. The lowest BCUT2D eigenvalue weighted by Gasteiger charge is -2.34. The fourth-order valence-electron chi connectivity index (χ4n) is 3.27. The zero-order chi connectivity index (χ0) is 19.1. The summed E-state index contributed by atoms with van der Waals surface area (Å²) in [6.45, 7) is 4.36. The Hall–Kier alpha value is -2.73. The van der Waals surface area contributed by atoms with Gasteiger partial charge in [-0.25, -0.2) is 4.79 Å². The highest BCUT2D eigenvalue weighted by molar-refractivity contribution is 5.67. The molecule has 0 radical (unpaired) electrons. The minimum Gasteiger partial charge on any atom is -0.508 e. The normalized spacial score (nSPS) is 14.9. The van der Waals surface area contributed by atoms with Gasteiger partial charge < -0.3 is 20.5 Å². The number of carbonyl (C=O) groups excluding carboxylic acids is 1. The predicted octanol–water partition coefficient (Wildman–Crippen LogP) is 2.86. The highest BCUT2D eigenvalue weighted by Gasteiger charge is 2.21. The Kier molecular flexibility index (Phi) is 6.54. The quantitative estimate of drug-likeness (QED) is 0.766. The van der Waals surface area contributed by atoms with Gasteiger partial charge in [-0.3, -0.25) is 4.90 Å². The van der Waals surface area contributed by atoms with Crippen LogP contribution in [-0.4, -0.2) is 53.7 Å². The van der Waals surface area contributed by atoms with Gasteiger partial charge in [-0.2, -0.15) is 0 Å². The number of piperazine rings is 1. The van der Waals surface area contributed by atoms with Crippen LogP contribution in [0.3, 0.4) is 0 Å². The predicted molar refractivity (Wildman–Crippen MR) is 105 cm³/mol. The molecule has 2 aromatic carbocycles. The van der Waals surface area contributed by atoms with Gasteiger partial charge in [0.15, 0.2) is 0 Å². The molecule has 1 aliphatic rings. The lowest BCUT2D eigenvalue weighted by atomic mass is 10.1. The monoisotopic (exact) mass is 369 g/mol. The van der Waals surface area contributed by atoms with Crippen molar-refractivity contribution in [2.45, 2.75) is 19.4 Å². The average Bonchev–Trinajstić information content (AvgIpc) is 2.69. The molecule has 1 saturated heterocycles. The lowest BCUT2D eigenvalue weighted by molar-refractivity contribution is 0.0714. The number of nitrogen functional groups attached to an aromatic ring is 1. The summed E-state index contributed by atoms with van der Waals surface area (Å²) in [5.74, 6) is 0.200. The molecular weight excluding hydrogens is 342 g/mol. The number of phenolic OH excluding ortho intramolecular Hbond substituents is 1. The van der Waals surface area contributed by atoms with Crippen LogP contribution in [0.1, 0.15) is 17.5 Å². The number of amides is 1. The maximum Gasteiger partial charge on any atom is 0.410 e. The van der Waals surface area contributed by atoms with Crippen molar-refractivity contribution in [2.75, 3.05) is 38.5 Å². The molecule has 1 amide bonds. The van der Waals surface area contributed by atoms with E-state index in [1.807, 2.05) is 36.4 Å². The molecule has 0 aliphatic carbocycles. The molecule has 3 rings (SSSR count). The summed E-state index contributed by atoms with van der Waals surface area (Å²) in [4.78, 5) is 16.3. The number of nitrogens with two attached hydrogens (primary N) is 1. The molecule has 0 aromatic heterocycles. The number of carbonyl (C=O) groups is 1. The number of aryl methyl sites for hydroxylation is 1. The van der Waals surface area contributed by atoms with Crippen molar-refractivity contribution in [2.24, 2.45) is 0 Å². The van der Waals surface area contributed by atoms with Gasteiger partial charge in [0.05, 0.1) is 0 Å². The molecule has 0 bridgehead atoms. The van der Waals surface area contributed by atoms with Crippen molar-refractivity contribution in [1.82, 2.24) is 9.80 Å². The first kappa shape index (κ1) is 19.0. The van der Waals surface area contributed by atoms with Crippen molar-refractivity contribution < 1.29 is 14.6 Å². The van der Waals surface area contributed by atoms with E-state index in [-0.39, 0.29) is 11.8 Å². The largest absolute Gasteiger partial charge is 0.508 e. The molecule has 144 valence electrons. The smallest absolute Gasteiger partial charge is 0.410 e. The van der Waals surface area contributed by atoms with E-state index in [9.17, 15) is 9.90 Å². The number of benzene rings is 2. The third-order valence-corrected chi connectivity index (χ3v) is 4.89. The summed E-state index contributed by atoms with van der Waals surface area (Å²) in [6, 6.07) is 14.9. The number of hydrogen-bond donors (Lipinski definition) is 2. The van der Waals surface area contributed by atoms with Crippen LogP contribution in [0, 0.1) is 0 Å². The Bertz CT molecular complexity index is 744. The standard InChI is InChI=1S/C21H27N3O3/c22-20-15-19(25)9-8-18(20)7-4-10-23-11-13-24(14-12-23)21(26)27-16-17-5-2-1-3-6-17/h1-3,5-6,8-9,15,25H,4,7,10-14,16,22H2. The third kappa shape index (κ3) is 5.62. The molecule has 6 nitrogen and oxygen atoms in total. The van der Waals surface area contributed by atoms with E-state index in [1.165, 1.54) is 0 Å². The molecule has 6 heteroatoms. The maximum atomic E-state index is 12.2. The number of hydrogen-bond acceptors (Lipinski definition) is 5. The molecule has 2 aromatic rings. The summed E-state index contributed by atoms with van der Waals surface area (Å²) in [5.41, 5.74) is 8.63. The van der Waals surface area contributed by atoms with Crippen LogP contribution >= 0.6 is 0 Å². The van der Waals surface area contributed by atoms with Gasteiger partial charge in [-0.1, -0.05) is 36.4 Å². The van der Waals surface area contributed by atoms with Crippen LogP contribution in [0.4, 0.5) is 10.5 Å². The Balaban J connectivity index is 1.35. The van der Waals surface area contributed by atoms with E-state index in [4.69, 9.17) is 10.5 Å². The number of rotatable bonds is 6. The highest BCUT2D eigenvalue weighted by atomic mass is 16.6. The molecule has 0 atom stereocenters. The Morgan fingerprint density at radius 3 is 2.52 bits per heavy atom. The van der Waals surface area contributed by atoms with Gasteiger partial charge >= 0.3 is 6.09 Å². The van der Waals surface area contributed by atoms with Crippen LogP contribution in [0.25, 0.3) is 0 Å². The van der Waals surface area contributed by atoms with Crippen LogP contribution in [0.5, 0.6) is 5.75 Å². The Labute approximate surface area is 160 Å². The van der Waals surface area contributed by atoms with E-state index in [2.05, 4.69) is 4.90 Å². The third-order valence-electron chi connectivity index (χ3n) is 4.89. The van der Waals surface area contributed by atoms with Gasteiger partial charge in [0.25, 0.3) is 0 Å². The summed E-state index contributed by atoms with van der Waals surface area (Å²) >= 11 is 0. The maximum absolute atomic E-state index is 12.2. The van der Waals surface area contributed by atoms with Crippen LogP contribution in [0.2, 0.25) is 0 Å². The van der Waals surface area contributed by atoms with Crippen molar-refractivity contribution in [3.8, 4) is 5.75 Å². The minimum atomic E-state index is -0.240. The summed E-state index contributed by atoms with van der Waals surface area (Å²) < 4.78 is 5.40. The topological polar surface area (TPSA) is 79.0 Å². The van der Waals surface area contributed by atoms with Gasteiger partial charge in [0.1, 0.15) is 12.4 Å². The molecule has 0 unspecified atom stereocenters. The van der Waals surface area contributed by atoms with Crippen molar-refractivity contribution in [3.05, 3.63) is 59.7 Å². The van der Waals surface area contributed by atoms with Crippen LogP contribution in [0.15, 0.2) is 48.5 Å². The van der Waals surface area contributed by atoms with Crippen molar-refractivity contribution in [3.63, 3.8) is 0 Å². The first-order valence-corrected chi connectivity index (χ1v) is 9.37. The van der Waals surface area contributed by atoms with Gasteiger partial charge in [0, 0.05) is 37.9 Å². The fourth-order valence-corrected chi connectivity index (χ4v) is 3.27. The van der Waals surface area contributed by atoms with E-state index >= 15 is 0 Å². The zero-order valence-electron chi connectivity index (χ0n) is 15.5. The zero-order valence-corrected chi connectivity index (χ0v) is 15.5. The van der Waals surface area contributed by atoms with Crippen LogP contribution in [-0.2, 0) is 17.8 Å². The molecule has 27 heavy (non-hydrogen) atoms. The second kappa shape index (κ2) is 9.28. The summed E-state index contributed by atoms with van der Waals surface area (Å²) in [7, 11) is 0. The average molecular weight is 369 g/mol. The minimum absolute atomic E-state index is 0.200. The number of aromatic hydroxyl groups is 1. The summed E-state index contributed by atoms with van der Waals surface area (Å²) in [6.07, 6.45) is 1.63. The van der Waals surface area contributed by atoms with E-state index in [0.29, 0.717) is 25.4 Å². The number of nitrogens with zero attached hydrogens (tertiary/aromatic N) is 2. The molecule has 1 heterocycles. The highest BCUT2D eigenvalue weighted by Crippen LogP contribution is 2.20. The van der Waals surface area contributed by atoms with Crippen LogP contribution < -0.4 is 5.73 Å². The summed E-state index contributed by atoms with van der Waals surface area (Å²) in [5, 5.41) is 9.41. The van der Waals surface area contributed by atoms with Gasteiger partial charge in [0.2, 0.25) is 0 Å². The molecule has 0 saturated carbocycles. The first-order chi connectivity index (χ1) is 13.1. The first-order valence-electron chi connectivity index (χ1n) is 9.37. The molecular formula is C21H27N3O3. The number of phenols is 1.